The van der Waals surface area contributed by atoms with Crippen molar-refractivity contribution in [2.75, 3.05) is 13.7 Å². The van der Waals surface area contributed by atoms with Gasteiger partial charge in [-0.2, -0.15) is 5.10 Å². The van der Waals surface area contributed by atoms with Crippen LogP contribution in [0, 0.1) is 0 Å². The Morgan fingerprint density at radius 1 is 1.15 bits per heavy atom. The minimum absolute atomic E-state index is 0.0603. The molecule has 2 aromatic carbocycles. The van der Waals surface area contributed by atoms with Crippen LogP contribution < -0.4 is 9.47 Å². The summed E-state index contributed by atoms with van der Waals surface area (Å²) in [5.74, 6) is 1.25. The molecule has 0 bridgehead atoms. The molecule has 6 heteroatoms. The van der Waals surface area contributed by atoms with Crippen molar-refractivity contribution < 1.29 is 14.3 Å². The largest absolute Gasteiger partial charge is 0.493 e. The number of methoxy groups -OCH3 is 1. The molecule has 1 aliphatic heterocycles. The van der Waals surface area contributed by atoms with Gasteiger partial charge < -0.3 is 14.4 Å². The second kappa shape index (κ2) is 7.53. The van der Waals surface area contributed by atoms with Gasteiger partial charge in [-0.3, -0.25) is 9.89 Å². The predicted molar refractivity (Wildman–Crippen MR) is 101 cm³/mol. The number of amides is 1. The van der Waals surface area contributed by atoms with Gasteiger partial charge in [0.05, 0.1) is 18.8 Å². The molecule has 3 aromatic rings. The van der Waals surface area contributed by atoms with Crippen LogP contribution in [-0.2, 0) is 6.61 Å². The lowest BCUT2D eigenvalue weighted by molar-refractivity contribution is 0.0454. The van der Waals surface area contributed by atoms with Gasteiger partial charge in [-0.15, -0.1) is 0 Å². The molecule has 1 atom stereocenters. The van der Waals surface area contributed by atoms with Crippen molar-refractivity contribution in [1.29, 1.82) is 0 Å². The molecule has 1 N–H and O–H groups in total. The van der Waals surface area contributed by atoms with Crippen LogP contribution in [0.5, 0.6) is 11.5 Å². The Morgan fingerprint density at radius 2 is 1.89 bits per heavy atom. The first-order chi connectivity index (χ1) is 13.3. The average Bonchev–Trinajstić information content (AvgIpc) is 3.16. The molecular formula is C21H21N3O3. The summed E-state index contributed by atoms with van der Waals surface area (Å²) in [6, 6.07) is 19.4. The van der Waals surface area contributed by atoms with E-state index in [-0.39, 0.29) is 18.6 Å². The summed E-state index contributed by atoms with van der Waals surface area (Å²) in [5, 5.41) is 7.06. The number of nitrogens with zero attached hydrogens (tertiary/aromatic N) is 2. The van der Waals surface area contributed by atoms with Gasteiger partial charge in [0.15, 0.2) is 17.2 Å². The van der Waals surface area contributed by atoms with Crippen molar-refractivity contribution >= 4 is 5.91 Å². The molecule has 2 heterocycles. The summed E-state index contributed by atoms with van der Waals surface area (Å²) in [5.41, 5.74) is 2.31. The standard InChI is InChI=1S/C21H21N3O3/c1-26-19-9-5-6-10-20(19)27-14-16-13-17(23-22-16)21(25)24-12-11-18(24)15-7-3-2-4-8-15/h2-10,13,18H,11-12,14H2,1H3,(H,22,23)/t18-/m1/s1. The summed E-state index contributed by atoms with van der Waals surface area (Å²) in [6.45, 7) is 1.03. The molecule has 0 saturated carbocycles. The SMILES string of the molecule is COc1ccccc1OCc1cc(C(=O)N2CC[C@@H]2c2ccccc2)n[nH]1. The number of hydrogen-bond acceptors (Lipinski definition) is 4. The quantitative estimate of drug-likeness (QED) is 0.727. The average molecular weight is 363 g/mol. The second-order valence-corrected chi connectivity index (χ2v) is 6.43. The van der Waals surface area contributed by atoms with Crippen LogP contribution in [0.15, 0.2) is 60.7 Å². The highest BCUT2D eigenvalue weighted by atomic mass is 16.5. The topological polar surface area (TPSA) is 67.5 Å². The fraction of sp³-hybridized carbons (Fsp3) is 0.238. The molecule has 138 valence electrons. The fourth-order valence-corrected chi connectivity index (χ4v) is 3.24. The Kier molecular flexibility index (Phi) is 4.78. The highest BCUT2D eigenvalue weighted by Crippen LogP contribution is 2.34. The maximum absolute atomic E-state index is 12.8. The van der Waals surface area contributed by atoms with Crippen LogP contribution in [0.2, 0.25) is 0 Å². The number of rotatable bonds is 6. The van der Waals surface area contributed by atoms with Crippen molar-refractivity contribution in [1.82, 2.24) is 15.1 Å². The van der Waals surface area contributed by atoms with Crippen molar-refractivity contribution in [3.05, 3.63) is 77.6 Å². The number of carbonyl (C=O) groups is 1. The Hall–Kier alpha value is -3.28. The monoisotopic (exact) mass is 363 g/mol. The normalized spacial score (nSPS) is 15.9. The van der Waals surface area contributed by atoms with E-state index >= 15 is 0 Å². The minimum atomic E-state index is -0.0603. The zero-order chi connectivity index (χ0) is 18.6. The summed E-state index contributed by atoms with van der Waals surface area (Å²) in [7, 11) is 1.60. The number of benzene rings is 2. The van der Waals surface area contributed by atoms with Crippen LogP contribution in [0.4, 0.5) is 0 Å². The molecule has 1 aromatic heterocycles. The summed E-state index contributed by atoms with van der Waals surface area (Å²) in [4.78, 5) is 14.6. The number of hydrogen-bond donors (Lipinski definition) is 1. The van der Waals surface area contributed by atoms with Gasteiger partial charge in [0, 0.05) is 6.54 Å². The number of aromatic amines is 1. The molecule has 0 unspecified atom stereocenters. The van der Waals surface area contributed by atoms with Gasteiger partial charge in [-0.25, -0.2) is 0 Å². The first-order valence-electron chi connectivity index (χ1n) is 8.92. The third-order valence-corrected chi connectivity index (χ3v) is 4.77. The van der Waals surface area contributed by atoms with Crippen LogP contribution in [-0.4, -0.2) is 34.7 Å². The van der Waals surface area contributed by atoms with E-state index < -0.39 is 0 Å². The van der Waals surface area contributed by atoms with E-state index in [0.717, 1.165) is 24.2 Å². The lowest BCUT2D eigenvalue weighted by Crippen LogP contribution is -2.45. The predicted octanol–water partition coefficient (Wildman–Crippen LogP) is 3.58. The van der Waals surface area contributed by atoms with Crippen LogP contribution in [0.3, 0.4) is 0 Å². The van der Waals surface area contributed by atoms with Gasteiger partial charge in [0.25, 0.3) is 5.91 Å². The van der Waals surface area contributed by atoms with E-state index in [9.17, 15) is 4.79 Å². The zero-order valence-electron chi connectivity index (χ0n) is 15.1. The molecular weight excluding hydrogens is 342 g/mol. The van der Waals surface area contributed by atoms with Crippen LogP contribution in [0.25, 0.3) is 0 Å². The van der Waals surface area contributed by atoms with E-state index in [1.54, 1.807) is 13.2 Å². The number of likely N-dealkylation sites (tertiary alicyclic amines) is 1. The Balaban J connectivity index is 1.41. The van der Waals surface area contributed by atoms with E-state index in [2.05, 4.69) is 22.3 Å². The van der Waals surface area contributed by atoms with Gasteiger partial charge in [-0.05, 0) is 30.2 Å². The maximum atomic E-state index is 12.8. The molecule has 27 heavy (non-hydrogen) atoms. The molecule has 1 fully saturated rings. The van der Waals surface area contributed by atoms with Gasteiger partial charge in [0.1, 0.15) is 6.61 Å². The van der Waals surface area contributed by atoms with Crippen molar-refractivity contribution in [3.63, 3.8) is 0 Å². The maximum Gasteiger partial charge on any atom is 0.274 e. The van der Waals surface area contributed by atoms with Crippen molar-refractivity contribution in [2.45, 2.75) is 19.1 Å². The van der Waals surface area contributed by atoms with E-state index in [1.165, 1.54) is 0 Å². The number of aromatic nitrogens is 2. The smallest absolute Gasteiger partial charge is 0.274 e. The highest BCUT2D eigenvalue weighted by molar-refractivity contribution is 5.93. The van der Waals surface area contributed by atoms with Crippen molar-refractivity contribution in [2.24, 2.45) is 0 Å². The molecule has 4 rings (SSSR count). The van der Waals surface area contributed by atoms with Gasteiger partial charge in [0.2, 0.25) is 0 Å². The van der Waals surface area contributed by atoms with Crippen molar-refractivity contribution in [3.8, 4) is 11.5 Å². The Bertz CT molecular complexity index is 923. The second-order valence-electron chi connectivity index (χ2n) is 6.43. The summed E-state index contributed by atoms with van der Waals surface area (Å²) in [6.07, 6.45) is 0.976. The van der Waals surface area contributed by atoms with Gasteiger partial charge >= 0.3 is 0 Å². The Morgan fingerprint density at radius 3 is 2.59 bits per heavy atom. The number of para-hydroxylation sites is 2. The summed E-state index contributed by atoms with van der Waals surface area (Å²) >= 11 is 0. The van der Waals surface area contributed by atoms with Gasteiger partial charge in [-0.1, -0.05) is 42.5 Å². The molecule has 1 aliphatic rings. The number of carbonyl (C=O) groups excluding carboxylic acids is 1. The first kappa shape index (κ1) is 17.1. The third kappa shape index (κ3) is 3.51. The lowest BCUT2D eigenvalue weighted by atomic mass is 9.94. The highest BCUT2D eigenvalue weighted by Gasteiger charge is 2.34. The zero-order valence-corrected chi connectivity index (χ0v) is 15.1. The van der Waals surface area contributed by atoms with Crippen LogP contribution in [0.1, 0.15) is 34.2 Å². The fourth-order valence-electron chi connectivity index (χ4n) is 3.24. The molecule has 0 radical (unpaired) electrons. The number of H-pyrrole nitrogens is 1. The van der Waals surface area contributed by atoms with E-state index in [0.29, 0.717) is 17.2 Å². The molecule has 6 nitrogen and oxygen atoms in total. The number of ether oxygens (including phenoxy) is 2. The van der Waals surface area contributed by atoms with E-state index in [1.807, 2.05) is 47.4 Å². The number of nitrogens with one attached hydrogen (secondary N) is 1. The summed E-state index contributed by atoms with van der Waals surface area (Å²) < 4.78 is 11.1. The molecule has 1 saturated heterocycles. The lowest BCUT2D eigenvalue weighted by Gasteiger charge is -2.40. The first-order valence-corrected chi connectivity index (χ1v) is 8.92. The minimum Gasteiger partial charge on any atom is -0.493 e. The third-order valence-electron chi connectivity index (χ3n) is 4.77. The van der Waals surface area contributed by atoms with Crippen LogP contribution >= 0.6 is 0 Å². The molecule has 1 amide bonds. The molecule has 0 spiro atoms. The molecule has 0 aliphatic carbocycles. The van der Waals surface area contributed by atoms with E-state index in [4.69, 9.17) is 9.47 Å². The Labute approximate surface area is 157 Å².